The lowest BCUT2D eigenvalue weighted by molar-refractivity contribution is -0.384. The summed E-state index contributed by atoms with van der Waals surface area (Å²) in [7, 11) is -7.20. The molecule has 2 saturated carbocycles. The summed E-state index contributed by atoms with van der Waals surface area (Å²) in [5.41, 5.74) is 0.641. The molecule has 0 aliphatic heterocycles. The molecule has 2 aliphatic carbocycles. The Labute approximate surface area is 215 Å². The van der Waals surface area contributed by atoms with Crippen molar-refractivity contribution in [1.82, 2.24) is 13.7 Å². The Hall–Kier alpha value is -3.03. The molecular weight excluding hydrogens is 518 g/mol. The minimum absolute atomic E-state index is 0.0821. The molecule has 3 aromatic rings. The van der Waals surface area contributed by atoms with Crippen LogP contribution in [0.5, 0.6) is 0 Å². The van der Waals surface area contributed by atoms with E-state index in [1.54, 1.807) is 30.3 Å². The third-order valence-electron chi connectivity index (χ3n) is 7.19. The van der Waals surface area contributed by atoms with Gasteiger partial charge in [-0.1, -0.05) is 43.7 Å². The van der Waals surface area contributed by atoms with Crippen LogP contribution in [-0.2, 0) is 25.8 Å². The molecule has 2 heterocycles. The van der Waals surface area contributed by atoms with Gasteiger partial charge in [0.25, 0.3) is 0 Å². The van der Waals surface area contributed by atoms with Crippen LogP contribution in [0.15, 0.2) is 48.8 Å². The summed E-state index contributed by atoms with van der Waals surface area (Å²) < 4.78 is 55.2. The Bertz CT molecular complexity index is 1530. The highest BCUT2D eigenvalue weighted by molar-refractivity contribution is 7.90. The molecule has 1 aromatic carbocycles. The summed E-state index contributed by atoms with van der Waals surface area (Å²) in [5.74, 6) is -0.166. The number of benzene rings is 1. The van der Waals surface area contributed by atoms with Crippen LogP contribution in [0.3, 0.4) is 0 Å². The fraction of sp³-hybridized carbons (Fsp3) is 0.458. The van der Waals surface area contributed by atoms with Gasteiger partial charge in [0.15, 0.2) is 5.65 Å². The van der Waals surface area contributed by atoms with E-state index in [2.05, 4.69) is 15.0 Å². The Balaban J connectivity index is 1.46. The smallest absolute Gasteiger partial charge is 0.311 e. The number of fused-ring (bicyclic) bond motifs is 1. The second kappa shape index (κ2) is 9.69. The molecule has 0 saturated heterocycles. The largest absolute Gasteiger partial charge is 0.376 e. The first-order valence-electron chi connectivity index (χ1n) is 12.3. The zero-order valence-electron chi connectivity index (χ0n) is 20.3. The number of hydrogen-bond acceptors (Lipinski definition) is 8. The first kappa shape index (κ1) is 25.6. The molecule has 37 heavy (non-hydrogen) atoms. The molecular formula is C24H29N5O6S2. The summed E-state index contributed by atoms with van der Waals surface area (Å²) in [6, 6.07) is 9.77. The molecule has 198 valence electrons. The van der Waals surface area contributed by atoms with Crippen LogP contribution in [0.25, 0.3) is 11.0 Å². The maximum atomic E-state index is 13.2. The van der Waals surface area contributed by atoms with Crippen LogP contribution in [0.2, 0.25) is 0 Å². The normalized spacial score (nSPS) is 22.4. The Kier molecular flexibility index (Phi) is 6.71. The highest BCUT2D eigenvalue weighted by Gasteiger charge is 2.41. The number of rotatable bonds is 10. The molecule has 2 aliphatic rings. The summed E-state index contributed by atoms with van der Waals surface area (Å²) in [6.45, 7) is 2.00. The predicted molar refractivity (Wildman–Crippen MR) is 140 cm³/mol. The van der Waals surface area contributed by atoms with Gasteiger partial charge in [0.2, 0.25) is 20.0 Å². The van der Waals surface area contributed by atoms with Gasteiger partial charge in [-0.3, -0.25) is 10.1 Å². The van der Waals surface area contributed by atoms with Crippen molar-refractivity contribution in [1.29, 1.82) is 0 Å². The number of nitrogens with zero attached hydrogens (tertiary/aromatic N) is 3. The van der Waals surface area contributed by atoms with E-state index in [1.165, 1.54) is 12.3 Å². The van der Waals surface area contributed by atoms with Gasteiger partial charge < -0.3 is 5.32 Å². The van der Waals surface area contributed by atoms with E-state index in [1.807, 2.05) is 6.92 Å². The molecule has 0 spiro atoms. The molecule has 0 unspecified atom stereocenters. The van der Waals surface area contributed by atoms with Crippen molar-refractivity contribution in [3.8, 4) is 0 Å². The Morgan fingerprint density at radius 2 is 1.84 bits per heavy atom. The fourth-order valence-electron chi connectivity index (χ4n) is 5.16. The number of anilines is 1. The van der Waals surface area contributed by atoms with Gasteiger partial charge in [0.1, 0.15) is 11.9 Å². The van der Waals surface area contributed by atoms with E-state index in [9.17, 15) is 26.9 Å². The summed E-state index contributed by atoms with van der Waals surface area (Å²) in [5, 5.41) is 15.2. The van der Waals surface area contributed by atoms with Gasteiger partial charge >= 0.3 is 5.69 Å². The van der Waals surface area contributed by atoms with Crippen molar-refractivity contribution in [2.75, 3.05) is 5.32 Å². The molecule has 5 rings (SSSR count). The molecule has 3 atom stereocenters. The molecule has 13 heteroatoms. The first-order chi connectivity index (χ1) is 17.6. The topological polar surface area (TPSA) is 153 Å². The standard InChI is InChI=1S/C24H29N5O6S2/c1-2-17-12-18(27-37(34,35)19-8-9-19)13-21(17)26-23-20-10-11-28(24(20)25-14-22(23)29(30)31)36(32,33)15-16-6-4-3-5-7-16/h3-7,10-11,14,17-19,21,27H,2,8-9,12-13,15H2,1H3,(H,25,26)/t17-,18+,21+/m1/s1. The van der Waals surface area contributed by atoms with Crippen molar-refractivity contribution < 1.29 is 21.8 Å². The van der Waals surface area contributed by atoms with Gasteiger partial charge in [-0.15, -0.1) is 0 Å². The highest BCUT2D eigenvalue weighted by Crippen LogP contribution is 2.39. The maximum Gasteiger partial charge on any atom is 0.311 e. The van der Waals surface area contributed by atoms with Gasteiger partial charge in [0.05, 0.1) is 21.3 Å². The number of nitrogens with one attached hydrogen (secondary N) is 2. The van der Waals surface area contributed by atoms with Crippen molar-refractivity contribution >= 4 is 42.5 Å². The van der Waals surface area contributed by atoms with Gasteiger partial charge in [-0.2, -0.15) is 0 Å². The Morgan fingerprint density at radius 1 is 1.11 bits per heavy atom. The van der Waals surface area contributed by atoms with Crippen LogP contribution in [0, 0.1) is 16.0 Å². The third kappa shape index (κ3) is 5.20. The van der Waals surface area contributed by atoms with Crippen LogP contribution in [0.1, 0.15) is 44.6 Å². The number of nitro groups is 1. The minimum Gasteiger partial charge on any atom is -0.376 e. The van der Waals surface area contributed by atoms with Crippen molar-refractivity contribution in [2.45, 2.75) is 62.1 Å². The van der Waals surface area contributed by atoms with Gasteiger partial charge in [-0.05, 0) is 43.2 Å². The monoisotopic (exact) mass is 547 g/mol. The lowest BCUT2D eigenvalue weighted by Gasteiger charge is -2.21. The number of aromatic nitrogens is 2. The highest BCUT2D eigenvalue weighted by atomic mass is 32.2. The lowest BCUT2D eigenvalue weighted by Crippen LogP contribution is -2.36. The second-order valence-electron chi connectivity index (χ2n) is 9.82. The quantitative estimate of drug-likeness (QED) is 0.289. The first-order valence-corrected chi connectivity index (χ1v) is 15.4. The van der Waals surface area contributed by atoms with E-state index in [0.717, 1.165) is 16.6 Å². The molecule has 2 N–H and O–H groups in total. The summed E-state index contributed by atoms with van der Waals surface area (Å²) in [6.07, 6.45) is 5.63. The molecule has 2 fully saturated rings. The molecule has 0 amide bonds. The molecule has 0 radical (unpaired) electrons. The van der Waals surface area contributed by atoms with E-state index in [0.29, 0.717) is 36.6 Å². The third-order valence-corrected chi connectivity index (χ3v) is 10.8. The molecule has 0 bridgehead atoms. The predicted octanol–water partition coefficient (Wildman–Crippen LogP) is 3.37. The second-order valence-corrected chi connectivity index (χ2v) is 13.7. The number of hydrogen-bond donors (Lipinski definition) is 2. The zero-order chi connectivity index (χ0) is 26.4. The maximum absolute atomic E-state index is 13.2. The lowest BCUT2D eigenvalue weighted by atomic mass is 10.00. The van der Waals surface area contributed by atoms with Gasteiger partial charge in [0, 0.05) is 18.3 Å². The molecule has 2 aromatic heterocycles. The van der Waals surface area contributed by atoms with Gasteiger partial charge in [-0.25, -0.2) is 30.5 Å². The van der Waals surface area contributed by atoms with E-state index in [-0.39, 0.29) is 46.0 Å². The van der Waals surface area contributed by atoms with Crippen molar-refractivity contribution in [3.63, 3.8) is 0 Å². The average molecular weight is 548 g/mol. The van der Waals surface area contributed by atoms with Crippen LogP contribution in [0.4, 0.5) is 11.4 Å². The van der Waals surface area contributed by atoms with Crippen LogP contribution in [-0.4, -0.2) is 48.0 Å². The van der Waals surface area contributed by atoms with Crippen LogP contribution >= 0.6 is 0 Å². The van der Waals surface area contributed by atoms with E-state index >= 15 is 0 Å². The minimum atomic E-state index is -3.84. The fourth-order valence-corrected chi connectivity index (χ4v) is 8.18. The number of sulfonamides is 1. The number of pyridine rings is 1. The van der Waals surface area contributed by atoms with E-state index < -0.39 is 25.0 Å². The Morgan fingerprint density at radius 3 is 2.49 bits per heavy atom. The van der Waals surface area contributed by atoms with Crippen LogP contribution < -0.4 is 10.0 Å². The summed E-state index contributed by atoms with van der Waals surface area (Å²) in [4.78, 5) is 15.5. The van der Waals surface area contributed by atoms with Crippen molar-refractivity contribution in [3.05, 3.63) is 64.5 Å². The molecule has 11 nitrogen and oxygen atoms in total. The summed E-state index contributed by atoms with van der Waals surface area (Å²) >= 11 is 0. The van der Waals surface area contributed by atoms with Crippen molar-refractivity contribution in [2.24, 2.45) is 5.92 Å². The SMILES string of the molecule is CC[C@@H]1C[C@H](NS(=O)(=O)C2CC2)C[C@@H]1Nc1c([N+](=O)[O-])cnc2c1ccn2S(=O)(=O)Cc1ccccc1. The zero-order valence-corrected chi connectivity index (χ0v) is 21.9. The average Bonchev–Trinajstić information content (AvgIpc) is 3.51. The van der Waals surface area contributed by atoms with E-state index in [4.69, 9.17) is 0 Å².